The van der Waals surface area contributed by atoms with Gasteiger partial charge in [-0.05, 0) is 44.0 Å². The molecule has 10 nitrogen and oxygen atoms in total. The van der Waals surface area contributed by atoms with Gasteiger partial charge in [-0.2, -0.15) is 9.97 Å². The second kappa shape index (κ2) is 11.5. The Balaban J connectivity index is 1.49. The molecule has 190 valence electrons. The molecule has 1 aromatic carbocycles. The van der Waals surface area contributed by atoms with E-state index >= 15 is 0 Å². The van der Waals surface area contributed by atoms with Crippen LogP contribution in [0.15, 0.2) is 24.3 Å². The van der Waals surface area contributed by atoms with Crippen LogP contribution in [0.2, 0.25) is 0 Å². The van der Waals surface area contributed by atoms with Crippen LogP contribution in [0.25, 0.3) is 0 Å². The quantitative estimate of drug-likeness (QED) is 0.443. The van der Waals surface area contributed by atoms with E-state index in [4.69, 9.17) is 14.8 Å². The second-order valence-corrected chi connectivity index (χ2v) is 11.3. The van der Waals surface area contributed by atoms with E-state index in [1.807, 2.05) is 4.90 Å². The largest absolute Gasteiger partial charge is 0.383 e. The summed E-state index contributed by atoms with van der Waals surface area (Å²) in [6.07, 6.45) is 2.91. The van der Waals surface area contributed by atoms with E-state index in [1.165, 1.54) is 25.5 Å². The van der Waals surface area contributed by atoms with Crippen molar-refractivity contribution >= 4 is 31.0 Å². The molecule has 2 aliphatic heterocycles. The first kappa shape index (κ1) is 25.6. The van der Waals surface area contributed by atoms with Gasteiger partial charge in [0.25, 0.3) is 0 Å². The predicted molar refractivity (Wildman–Crippen MR) is 137 cm³/mol. The van der Waals surface area contributed by atoms with Crippen molar-refractivity contribution in [1.82, 2.24) is 14.9 Å². The number of hydrogen-bond acceptors (Lipinski definition) is 10. The molecular formula is C24H35N6O4P. The molecule has 35 heavy (non-hydrogen) atoms. The standard InChI is InChI=1S/C24H35N6O4P/c1-3-34-35(32,33-2)12-9-26-24-27-22(25)21-14-20(31)17-30(23(21)28-24)16-19-8-6-7-18(13-19)15-29-10-4-5-11-29/h6-8,13H,3-5,9-12,14-17H2,1-2H3,(H3,25,26,27,28). The molecule has 1 aromatic heterocycles. The zero-order chi connectivity index (χ0) is 24.8. The van der Waals surface area contributed by atoms with E-state index in [1.54, 1.807) is 6.92 Å². The number of benzene rings is 1. The van der Waals surface area contributed by atoms with Crippen LogP contribution in [0, 0.1) is 0 Å². The van der Waals surface area contributed by atoms with E-state index in [0.717, 1.165) is 25.2 Å². The summed E-state index contributed by atoms with van der Waals surface area (Å²) in [5.41, 5.74) is 9.27. The molecule has 0 radical (unpaired) electrons. The molecule has 2 aromatic rings. The van der Waals surface area contributed by atoms with Crippen LogP contribution in [0.5, 0.6) is 0 Å². The Morgan fingerprint density at radius 1 is 1.17 bits per heavy atom. The Morgan fingerprint density at radius 3 is 2.63 bits per heavy atom. The molecule has 0 amide bonds. The minimum atomic E-state index is -3.16. The van der Waals surface area contributed by atoms with Gasteiger partial charge in [0.05, 0.1) is 19.3 Å². The van der Waals surface area contributed by atoms with Gasteiger partial charge in [-0.3, -0.25) is 14.3 Å². The number of likely N-dealkylation sites (tertiary alicyclic amines) is 1. The minimum absolute atomic E-state index is 0.0828. The molecule has 2 aliphatic rings. The van der Waals surface area contributed by atoms with Crippen molar-refractivity contribution in [2.75, 3.05) is 62.0 Å². The molecule has 1 atom stereocenters. The van der Waals surface area contributed by atoms with Crippen molar-refractivity contribution in [2.45, 2.75) is 39.3 Å². The highest BCUT2D eigenvalue weighted by Crippen LogP contribution is 2.46. The van der Waals surface area contributed by atoms with Crippen LogP contribution < -0.4 is 16.0 Å². The Morgan fingerprint density at radius 2 is 1.91 bits per heavy atom. The Hall–Kier alpha value is -2.52. The molecule has 1 fully saturated rings. The lowest BCUT2D eigenvalue weighted by atomic mass is 10.0. The molecule has 0 spiro atoms. The number of hydrogen-bond donors (Lipinski definition) is 2. The van der Waals surface area contributed by atoms with Crippen LogP contribution in [0.3, 0.4) is 0 Å². The number of ketones is 1. The maximum Gasteiger partial charge on any atom is 0.332 e. The number of nitrogen functional groups attached to an aromatic ring is 1. The van der Waals surface area contributed by atoms with Crippen molar-refractivity contribution in [3.05, 3.63) is 41.0 Å². The summed E-state index contributed by atoms with van der Waals surface area (Å²) in [6, 6.07) is 8.50. The summed E-state index contributed by atoms with van der Waals surface area (Å²) in [4.78, 5) is 25.9. The monoisotopic (exact) mass is 502 g/mol. The first-order valence-corrected chi connectivity index (χ1v) is 13.9. The van der Waals surface area contributed by atoms with Crippen molar-refractivity contribution in [3.8, 4) is 0 Å². The summed E-state index contributed by atoms with van der Waals surface area (Å²) in [5, 5.41) is 3.08. The zero-order valence-corrected chi connectivity index (χ0v) is 21.4. The fraction of sp³-hybridized carbons (Fsp3) is 0.542. The summed E-state index contributed by atoms with van der Waals surface area (Å²) in [6.45, 7) is 6.41. The molecule has 4 rings (SSSR count). The molecule has 11 heteroatoms. The van der Waals surface area contributed by atoms with Crippen LogP contribution in [-0.4, -0.2) is 66.7 Å². The number of aromatic nitrogens is 2. The number of rotatable bonds is 11. The Bertz CT molecular complexity index is 1090. The maximum atomic E-state index is 12.5. The normalized spacial score (nSPS) is 17.9. The molecule has 3 N–H and O–H groups in total. The van der Waals surface area contributed by atoms with Gasteiger partial charge < -0.3 is 25.0 Å². The number of carbonyl (C=O) groups is 1. The van der Waals surface area contributed by atoms with Crippen molar-refractivity contribution in [3.63, 3.8) is 0 Å². The van der Waals surface area contributed by atoms with E-state index in [2.05, 4.69) is 44.5 Å². The Kier molecular flexibility index (Phi) is 8.38. The van der Waals surface area contributed by atoms with Gasteiger partial charge in [-0.25, -0.2) is 0 Å². The van der Waals surface area contributed by atoms with Crippen LogP contribution in [0.4, 0.5) is 17.6 Å². The number of fused-ring (bicyclic) bond motifs is 1. The average molecular weight is 503 g/mol. The van der Waals surface area contributed by atoms with Gasteiger partial charge in [0.1, 0.15) is 11.6 Å². The van der Waals surface area contributed by atoms with Gasteiger partial charge in [-0.15, -0.1) is 0 Å². The molecule has 0 saturated carbocycles. The maximum absolute atomic E-state index is 12.5. The predicted octanol–water partition coefficient (Wildman–Crippen LogP) is 3.07. The SMILES string of the molecule is CCOP(=O)(CCNc1nc(N)c2c(n1)N(Cc1cccc(CN3CCCC3)c1)CC(=O)C2)OC. The number of nitrogens with zero attached hydrogens (tertiary/aromatic N) is 4. The summed E-state index contributed by atoms with van der Waals surface area (Å²) in [7, 11) is -1.79. The van der Waals surface area contributed by atoms with Gasteiger partial charge in [0, 0.05) is 38.7 Å². The molecule has 1 saturated heterocycles. The first-order valence-electron chi connectivity index (χ1n) is 12.2. The third-order valence-corrected chi connectivity index (χ3v) is 8.28. The molecule has 0 bridgehead atoms. The lowest BCUT2D eigenvalue weighted by Crippen LogP contribution is -2.37. The summed E-state index contributed by atoms with van der Waals surface area (Å²) in [5.74, 6) is 1.34. The van der Waals surface area contributed by atoms with Gasteiger partial charge >= 0.3 is 7.60 Å². The highest BCUT2D eigenvalue weighted by Gasteiger charge is 2.28. The van der Waals surface area contributed by atoms with E-state index < -0.39 is 7.60 Å². The Labute approximate surface area is 206 Å². The second-order valence-electron chi connectivity index (χ2n) is 8.97. The van der Waals surface area contributed by atoms with Crippen molar-refractivity contribution in [2.24, 2.45) is 0 Å². The van der Waals surface area contributed by atoms with E-state index in [-0.39, 0.29) is 30.7 Å². The number of nitrogens with two attached hydrogens (primary N) is 1. The van der Waals surface area contributed by atoms with Crippen molar-refractivity contribution < 1.29 is 18.4 Å². The fourth-order valence-corrected chi connectivity index (χ4v) is 5.82. The highest BCUT2D eigenvalue weighted by molar-refractivity contribution is 7.53. The molecule has 3 heterocycles. The number of carbonyl (C=O) groups excluding carboxylic acids is 1. The first-order chi connectivity index (χ1) is 16.9. The molecular weight excluding hydrogens is 467 g/mol. The summed E-state index contributed by atoms with van der Waals surface area (Å²) >= 11 is 0. The van der Waals surface area contributed by atoms with Gasteiger partial charge in [0.2, 0.25) is 5.95 Å². The van der Waals surface area contributed by atoms with E-state index in [0.29, 0.717) is 37.0 Å². The number of Topliss-reactive ketones (excluding diaryl/α,β-unsaturated/α-hetero) is 1. The smallest absolute Gasteiger partial charge is 0.332 e. The van der Waals surface area contributed by atoms with Crippen molar-refractivity contribution in [1.29, 1.82) is 0 Å². The molecule has 0 aliphatic carbocycles. The zero-order valence-electron chi connectivity index (χ0n) is 20.5. The van der Waals surface area contributed by atoms with Crippen LogP contribution in [0.1, 0.15) is 36.5 Å². The van der Waals surface area contributed by atoms with Crippen LogP contribution >= 0.6 is 7.60 Å². The highest BCUT2D eigenvalue weighted by atomic mass is 31.2. The fourth-order valence-electron chi connectivity index (χ4n) is 4.63. The summed E-state index contributed by atoms with van der Waals surface area (Å²) < 4.78 is 22.8. The third kappa shape index (κ3) is 6.58. The molecule has 1 unspecified atom stereocenters. The van der Waals surface area contributed by atoms with E-state index in [9.17, 15) is 9.36 Å². The van der Waals surface area contributed by atoms with Crippen LogP contribution in [-0.2, 0) is 37.9 Å². The number of nitrogens with one attached hydrogen (secondary N) is 1. The minimum Gasteiger partial charge on any atom is -0.383 e. The lowest BCUT2D eigenvalue weighted by molar-refractivity contribution is -0.117. The van der Waals surface area contributed by atoms with Gasteiger partial charge in [0.15, 0.2) is 5.78 Å². The lowest BCUT2D eigenvalue weighted by Gasteiger charge is -2.30. The third-order valence-electron chi connectivity index (χ3n) is 6.30. The average Bonchev–Trinajstić information content (AvgIpc) is 3.33. The number of anilines is 3. The van der Waals surface area contributed by atoms with Gasteiger partial charge in [-0.1, -0.05) is 24.3 Å². The topological polar surface area (TPSA) is 123 Å².